The number of rotatable bonds is 6. The molecule has 0 aromatic rings. The Balaban J connectivity index is 2.11. The van der Waals surface area contributed by atoms with Crippen LogP contribution >= 0.6 is 0 Å². The quantitative estimate of drug-likeness (QED) is 0.709. The van der Waals surface area contributed by atoms with Crippen LogP contribution in [-0.4, -0.2) is 49.7 Å². The smallest absolute Gasteiger partial charge is 0.223 e. The van der Waals surface area contributed by atoms with Gasteiger partial charge in [0.15, 0.2) is 0 Å². The third-order valence-corrected chi connectivity index (χ3v) is 3.00. The van der Waals surface area contributed by atoms with Gasteiger partial charge in [0.1, 0.15) is 0 Å². The number of morpholine rings is 1. The van der Waals surface area contributed by atoms with E-state index >= 15 is 0 Å². The first-order valence-electron chi connectivity index (χ1n) is 6.48. The summed E-state index contributed by atoms with van der Waals surface area (Å²) in [6, 6.07) is 0. The normalized spacial score (nSPS) is 21.9. The van der Waals surface area contributed by atoms with Crippen molar-refractivity contribution < 1.29 is 9.53 Å². The van der Waals surface area contributed by atoms with Crippen LogP contribution < -0.4 is 5.32 Å². The van der Waals surface area contributed by atoms with Crippen LogP contribution in [0.2, 0.25) is 0 Å². The molecular weight excluding hydrogens is 216 g/mol. The highest BCUT2D eigenvalue weighted by Crippen LogP contribution is 2.07. The minimum absolute atomic E-state index is 0.0891. The predicted octanol–water partition coefficient (Wildman–Crippen LogP) is 1.18. The van der Waals surface area contributed by atoms with E-state index in [4.69, 9.17) is 4.74 Å². The number of carbonyl (C=O) groups excluding carboxylic acids is 1. The van der Waals surface area contributed by atoms with E-state index in [1.54, 1.807) is 0 Å². The molecule has 1 fully saturated rings. The van der Waals surface area contributed by atoms with Gasteiger partial charge in [0.05, 0.1) is 12.7 Å². The van der Waals surface area contributed by atoms with Crippen LogP contribution in [0.1, 0.15) is 26.7 Å². The lowest BCUT2D eigenvalue weighted by molar-refractivity contribution is -0.120. The number of nitrogens with zero attached hydrogens (tertiary/aromatic N) is 1. The number of ether oxygens (including phenoxy) is 1. The Morgan fingerprint density at radius 1 is 1.59 bits per heavy atom. The number of allylic oxidation sites excluding steroid dienone is 1. The van der Waals surface area contributed by atoms with E-state index in [2.05, 4.69) is 17.1 Å². The molecule has 4 nitrogen and oxygen atoms in total. The van der Waals surface area contributed by atoms with Gasteiger partial charge in [-0.2, -0.15) is 0 Å². The summed E-state index contributed by atoms with van der Waals surface area (Å²) in [5, 5.41) is 2.91. The molecule has 1 rings (SSSR count). The van der Waals surface area contributed by atoms with Crippen molar-refractivity contribution in [3.8, 4) is 0 Å². The monoisotopic (exact) mass is 240 g/mol. The van der Waals surface area contributed by atoms with Gasteiger partial charge in [-0.05, 0) is 19.9 Å². The van der Waals surface area contributed by atoms with Crippen LogP contribution in [0, 0.1) is 0 Å². The van der Waals surface area contributed by atoms with E-state index in [0.717, 1.165) is 32.7 Å². The van der Waals surface area contributed by atoms with Gasteiger partial charge in [0, 0.05) is 26.1 Å². The maximum Gasteiger partial charge on any atom is 0.223 e. The van der Waals surface area contributed by atoms with Gasteiger partial charge in [-0.25, -0.2) is 0 Å². The molecule has 1 saturated heterocycles. The second kappa shape index (κ2) is 8.25. The number of carbonyl (C=O) groups is 1. The molecule has 1 atom stereocenters. The standard InChI is InChI=1S/C13H24N2O2/c1-3-5-6-13(16)14-8-7-12-11-15(4-2)9-10-17-12/h3,5,12H,4,6-11H2,1-2H3,(H,14,16)/b5-3+. The molecule has 1 aliphatic heterocycles. The van der Waals surface area contributed by atoms with Crippen molar-refractivity contribution in [3.05, 3.63) is 12.2 Å². The summed E-state index contributed by atoms with van der Waals surface area (Å²) < 4.78 is 5.67. The SMILES string of the molecule is C/C=C/CC(=O)NCCC1CN(CC)CCO1. The molecule has 17 heavy (non-hydrogen) atoms. The van der Waals surface area contributed by atoms with Crippen molar-refractivity contribution in [2.24, 2.45) is 0 Å². The summed E-state index contributed by atoms with van der Waals surface area (Å²) in [5.41, 5.74) is 0. The van der Waals surface area contributed by atoms with Gasteiger partial charge in [0.2, 0.25) is 5.91 Å². The molecule has 0 spiro atoms. The van der Waals surface area contributed by atoms with E-state index in [1.807, 2.05) is 19.1 Å². The molecule has 4 heteroatoms. The van der Waals surface area contributed by atoms with Crippen molar-refractivity contribution in [1.82, 2.24) is 10.2 Å². The first kappa shape index (κ1) is 14.2. The average Bonchev–Trinajstić information content (AvgIpc) is 2.36. The molecule has 0 aromatic heterocycles. The zero-order valence-electron chi connectivity index (χ0n) is 10.9. The Morgan fingerprint density at radius 2 is 2.41 bits per heavy atom. The minimum atomic E-state index is 0.0891. The summed E-state index contributed by atoms with van der Waals surface area (Å²) in [6.45, 7) is 8.70. The van der Waals surface area contributed by atoms with Gasteiger partial charge >= 0.3 is 0 Å². The highest BCUT2D eigenvalue weighted by molar-refractivity contribution is 5.77. The molecule has 0 radical (unpaired) electrons. The van der Waals surface area contributed by atoms with Gasteiger partial charge in [0.25, 0.3) is 0 Å². The zero-order valence-corrected chi connectivity index (χ0v) is 10.9. The summed E-state index contributed by atoms with van der Waals surface area (Å²) in [7, 11) is 0. The van der Waals surface area contributed by atoms with E-state index < -0.39 is 0 Å². The summed E-state index contributed by atoms with van der Waals surface area (Å²) in [5.74, 6) is 0.0891. The van der Waals surface area contributed by atoms with Crippen LogP contribution in [-0.2, 0) is 9.53 Å². The molecule has 1 N–H and O–H groups in total. The third-order valence-electron chi connectivity index (χ3n) is 3.00. The first-order chi connectivity index (χ1) is 8.26. The molecule has 1 aliphatic rings. The van der Waals surface area contributed by atoms with Crippen molar-refractivity contribution in [2.75, 3.05) is 32.8 Å². The Labute approximate surface area is 104 Å². The van der Waals surface area contributed by atoms with Crippen molar-refractivity contribution in [1.29, 1.82) is 0 Å². The number of amides is 1. The van der Waals surface area contributed by atoms with Gasteiger partial charge < -0.3 is 10.1 Å². The Kier molecular flexibility index (Phi) is 6.89. The largest absolute Gasteiger partial charge is 0.375 e. The highest BCUT2D eigenvalue weighted by atomic mass is 16.5. The minimum Gasteiger partial charge on any atom is -0.375 e. The van der Waals surface area contributed by atoms with E-state index in [1.165, 1.54) is 0 Å². The second-order valence-corrected chi connectivity index (χ2v) is 4.30. The predicted molar refractivity (Wildman–Crippen MR) is 68.9 cm³/mol. The van der Waals surface area contributed by atoms with E-state index in [-0.39, 0.29) is 12.0 Å². The maximum atomic E-state index is 11.4. The molecule has 0 aliphatic carbocycles. The Hall–Kier alpha value is -0.870. The fourth-order valence-electron chi connectivity index (χ4n) is 1.91. The van der Waals surface area contributed by atoms with E-state index in [0.29, 0.717) is 13.0 Å². The molecule has 0 aromatic carbocycles. The summed E-state index contributed by atoms with van der Waals surface area (Å²) in [4.78, 5) is 13.7. The fourth-order valence-corrected chi connectivity index (χ4v) is 1.91. The maximum absolute atomic E-state index is 11.4. The van der Waals surface area contributed by atoms with Crippen LogP contribution in [0.5, 0.6) is 0 Å². The molecular formula is C13H24N2O2. The van der Waals surface area contributed by atoms with Gasteiger partial charge in [-0.1, -0.05) is 19.1 Å². The topological polar surface area (TPSA) is 41.6 Å². The number of nitrogens with one attached hydrogen (secondary N) is 1. The molecule has 1 heterocycles. The Morgan fingerprint density at radius 3 is 3.12 bits per heavy atom. The van der Waals surface area contributed by atoms with Gasteiger partial charge in [-0.15, -0.1) is 0 Å². The van der Waals surface area contributed by atoms with Crippen LogP contribution in [0.4, 0.5) is 0 Å². The highest BCUT2D eigenvalue weighted by Gasteiger charge is 2.18. The lowest BCUT2D eigenvalue weighted by atomic mass is 10.2. The van der Waals surface area contributed by atoms with Crippen molar-refractivity contribution in [3.63, 3.8) is 0 Å². The first-order valence-corrected chi connectivity index (χ1v) is 6.48. The number of likely N-dealkylation sites (N-methyl/N-ethyl adjacent to an activating group) is 1. The summed E-state index contributed by atoms with van der Waals surface area (Å²) in [6.07, 6.45) is 5.40. The number of hydrogen-bond donors (Lipinski definition) is 1. The van der Waals surface area contributed by atoms with Gasteiger partial charge in [-0.3, -0.25) is 9.69 Å². The molecule has 0 saturated carbocycles. The lowest BCUT2D eigenvalue weighted by Crippen LogP contribution is -2.43. The average molecular weight is 240 g/mol. The van der Waals surface area contributed by atoms with Crippen LogP contribution in [0.15, 0.2) is 12.2 Å². The fraction of sp³-hybridized carbons (Fsp3) is 0.769. The van der Waals surface area contributed by atoms with Crippen LogP contribution in [0.25, 0.3) is 0 Å². The van der Waals surface area contributed by atoms with Crippen molar-refractivity contribution >= 4 is 5.91 Å². The Bertz CT molecular complexity index is 254. The number of hydrogen-bond acceptors (Lipinski definition) is 3. The zero-order chi connectivity index (χ0) is 12.5. The van der Waals surface area contributed by atoms with Crippen LogP contribution in [0.3, 0.4) is 0 Å². The molecule has 0 bridgehead atoms. The van der Waals surface area contributed by atoms with E-state index in [9.17, 15) is 4.79 Å². The summed E-state index contributed by atoms with van der Waals surface area (Å²) >= 11 is 0. The molecule has 1 unspecified atom stereocenters. The van der Waals surface area contributed by atoms with Crippen molar-refractivity contribution in [2.45, 2.75) is 32.8 Å². The lowest BCUT2D eigenvalue weighted by Gasteiger charge is -2.32. The molecule has 98 valence electrons. The third kappa shape index (κ3) is 5.84. The molecule has 1 amide bonds. The second-order valence-electron chi connectivity index (χ2n) is 4.30.